The van der Waals surface area contributed by atoms with Crippen LogP contribution in [0.2, 0.25) is 0 Å². The van der Waals surface area contributed by atoms with Gasteiger partial charge in [0.05, 0.1) is 12.8 Å². The Morgan fingerprint density at radius 1 is 1.61 bits per heavy atom. The molecule has 0 bridgehead atoms. The van der Waals surface area contributed by atoms with Gasteiger partial charge in [0.2, 0.25) is 0 Å². The van der Waals surface area contributed by atoms with Crippen molar-refractivity contribution in [1.82, 2.24) is 15.6 Å². The smallest absolute Gasteiger partial charge is 0.356 e. The van der Waals surface area contributed by atoms with Gasteiger partial charge in [-0.25, -0.2) is 9.78 Å². The van der Waals surface area contributed by atoms with E-state index in [1.165, 1.54) is 7.11 Å². The molecule has 5 nitrogen and oxygen atoms in total. The van der Waals surface area contributed by atoms with Crippen LogP contribution in [0.5, 0.6) is 0 Å². The molecule has 1 atom stereocenters. The summed E-state index contributed by atoms with van der Waals surface area (Å²) in [5.74, 6) is -0.398. The molecule has 1 aliphatic rings. The Kier molecular flexibility index (Phi) is 3.93. The highest BCUT2D eigenvalue weighted by Crippen LogP contribution is 2.14. The van der Waals surface area contributed by atoms with Gasteiger partial charge in [0.25, 0.3) is 0 Å². The minimum absolute atomic E-state index is 0.114. The number of hydrogen-bond acceptors (Lipinski definition) is 5. The number of pyridine rings is 1. The number of carbonyl (C=O) groups is 1. The highest BCUT2D eigenvalue weighted by Gasteiger charge is 2.27. The number of nitrogens with zero attached hydrogens (tertiary/aromatic N) is 1. The third-order valence-electron chi connectivity index (χ3n) is 3.27. The van der Waals surface area contributed by atoms with E-state index in [9.17, 15) is 4.79 Å². The first-order valence-electron chi connectivity index (χ1n) is 6.13. The van der Waals surface area contributed by atoms with Gasteiger partial charge in [-0.1, -0.05) is 6.07 Å². The van der Waals surface area contributed by atoms with Crippen molar-refractivity contribution in [2.75, 3.05) is 20.2 Å². The minimum Gasteiger partial charge on any atom is -0.464 e. The topological polar surface area (TPSA) is 63.2 Å². The first-order chi connectivity index (χ1) is 8.63. The summed E-state index contributed by atoms with van der Waals surface area (Å²) >= 11 is 0. The molecule has 18 heavy (non-hydrogen) atoms. The molecular weight excluding hydrogens is 230 g/mol. The Hall–Kier alpha value is -1.46. The Morgan fingerprint density at radius 3 is 3.11 bits per heavy atom. The predicted molar refractivity (Wildman–Crippen MR) is 68.3 cm³/mol. The molecular formula is C13H19N3O2. The molecule has 0 aliphatic carbocycles. The van der Waals surface area contributed by atoms with Crippen LogP contribution in [0.25, 0.3) is 0 Å². The summed E-state index contributed by atoms with van der Waals surface area (Å²) in [6, 6.07) is 5.39. The second-order valence-electron chi connectivity index (χ2n) is 4.85. The molecule has 2 heterocycles. The molecule has 1 aliphatic heterocycles. The van der Waals surface area contributed by atoms with Crippen molar-refractivity contribution >= 4 is 5.97 Å². The Labute approximate surface area is 107 Å². The molecule has 1 aromatic rings. The van der Waals surface area contributed by atoms with Crippen LogP contribution in [-0.2, 0) is 11.3 Å². The third-order valence-corrected chi connectivity index (χ3v) is 3.27. The van der Waals surface area contributed by atoms with Gasteiger partial charge in [0, 0.05) is 18.6 Å². The van der Waals surface area contributed by atoms with Gasteiger partial charge in [0.15, 0.2) is 0 Å². The van der Waals surface area contributed by atoms with Crippen LogP contribution >= 0.6 is 0 Å². The van der Waals surface area contributed by atoms with Crippen molar-refractivity contribution < 1.29 is 9.53 Å². The number of methoxy groups -OCH3 is 1. The van der Waals surface area contributed by atoms with Crippen LogP contribution in [0, 0.1) is 0 Å². The average molecular weight is 249 g/mol. The van der Waals surface area contributed by atoms with Crippen LogP contribution in [0.1, 0.15) is 29.5 Å². The van der Waals surface area contributed by atoms with Crippen LogP contribution in [0.3, 0.4) is 0 Å². The average Bonchev–Trinajstić information content (AvgIpc) is 2.83. The third kappa shape index (κ3) is 3.05. The van der Waals surface area contributed by atoms with E-state index in [4.69, 9.17) is 0 Å². The maximum absolute atomic E-state index is 11.4. The maximum Gasteiger partial charge on any atom is 0.356 e. The molecule has 5 heteroatoms. The van der Waals surface area contributed by atoms with Crippen molar-refractivity contribution in [2.24, 2.45) is 0 Å². The zero-order chi connectivity index (χ0) is 13.0. The Bertz CT molecular complexity index is 428. The number of esters is 1. The highest BCUT2D eigenvalue weighted by molar-refractivity contribution is 5.87. The molecule has 2 rings (SSSR count). The van der Waals surface area contributed by atoms with Crippen molar-refractivity contribution in [3.8, 4) is 0 Å². The van der Waals surface area contributed by atoms with E-state index in [-0.39, 0.29) is 5.54 Å². The minimum atomic E-state index is -0.398. The summed E-state index contributed by atoms with van der Waals surface area (Å²) in [6.45, 7) is 4.85. The summed E-state index contributed by atoms with van der Waals surface area (Å²) in [7, 11) is 1.36. The molecule has 1 saturated heterocycles. The van der Waals surface area contributed by atoms with Crippen LogP contribution in [-0.4, -0.2) is 36.7 Å². The van der Waals surface area contributed by atoms with Crippen LogP contribution in [0.4, 0.5) is 0 Å². The first-order valence-corrected chi connectivity index (χ1v) is 6.13. The summed E-state index contributed by atoms with van der Waals surface area (Å²) in [4.78, 5) is 15.7. The van der Waals surface area contributed by atoms with Gasteiger partial charge < -0.3 is 15.4 Å². The monoisotopic (exact) mass is 249 g/mol. The van der Waals surface area contributed by atoms with Gasteiger partial charge in [0.1, 0.15) is 5.69 Å². The van der Waals surface area contributed by atoms with Crippen molar-refractivity contribution in [3.63, 3.8) is 0 Å². The normalized spacial score (nSPS) is 23.0. The number of nitrogens with one attached hydrogen (secondary N) is 2. The number of carbonyl (C=O) groups excluding carboxylic acids is 1. The SMILES string of the molecule is COC(=O)c1cccc(CNC2(C)CCNC2)n1. The quantitative estimate of drug-likeness (QED) is 0.769. The second kappa shape index (κ2) is 5.46. The van der Waals surface area contributed by atoms with E-state index in [2.05, 4.69) is 27.3 Å². The summed E-state index contributed by atoms with van der Waals surface area (Å²) < 4.78 is 4.66. The number of ether oxygens (including phenoxy) is 1. The molecule has 0 spiro atoms. The van der Waals surface area contributed by atoms with E-state index >= 15 is 0 Å². The predicted octanol–water partition coefficient (Wildman–Crippen LogP) is 0.710. The first kappa shape index (κ1) is 13.0. The van der Waals surface area contributed by atoms with E-state index in [1.807, 2.05) is 12.1 Å². The van der Waals surface area contributed by atoms with Crippen molar-refractivity contribution in [3.05, 3.63) is 29.6 Å². The van der Waals surface area contributed by atoms with Crippen molar-refractivity contribution in [1.29, 1.82) is 0 Å². The van der Waals surface area contributed by atoms with Gasteiger partial charge in [-0.15, -0.1) is 0 Å². The zero-order valence-electron chi connectivity index (χ0n) is 10.8. The molecule has 2 N–H and O–H groups in total. The summed E-state index contributed by atoms with van der Waals surface area (Å²) in [6.07, 6.45) is 1.10. The summed E-state index contributed by atoms with van der Waals surface area (Å²) in [5, 5.41) is 6.81. The van der Waals surface area contributed by atoms with E-state index in [1.54, 1.807) is 6.07 Å². The van der Waals surface area contributed by atoms with Crippen molar-refractivity contribution in [2.45, 2.75) is 25.4 Å². The molecule has 1 unspecified atom stereocenters. The highest BCUT2D eigenvalue weighted by atomic mass is 16.5. The van der Waals surface area contributed by atoms with Crippen LogP contribution in [0.15, 0.2) is 18.2 Å². The molecule has 1 fully saturated rings. The van der Waals surface area contributed by atoms with Gasteiger partial charge in [-0.3, -0.25) is 0 Å². The lowest BCUT2D eigenvalue weighted by Gasteiger charge is -2.24. The van der Waals surface area contributed by atoms with E-state index in [0.717, 1.165) is 25.2 Å². The fraction of sp³-hybridized carbons (Fsp3) is 0.538. The number of hydrogen-bond donors (Lipinski definition) is 2. The molecule has 0 radical (unpaired) electrons. The van der Waals surface area contributed by atoms with Gasteiger partial charge >= 0.3 is 5.97 Å². The second-order valence-corrected chi connectivity index (χ2v) is 4.85. The lowest BCUT2D eigenvalue weighted by atomic mass is 10.0. The zero-order valence-corrected chi connectivity index (χ0v) is 10.8. The van der Waals surface area contributed by atoms with E-state index in [0.29, 0.717) is 12.2 Å². The van der Waals surface area contributed by atoms with E-state index < -0.39 is 5.97 Å². The fourth-order valence-corrected chi connectivity index (χ4v) is 2.07. The van der Waals surface area contributed by atoms with Gasteiger partial charge in [-0.05, 0) is 32.0 Å². The summed E-state index contributed by atoms with van der Waals surface area (Å²) in [5.41, 5.74) is 1.32. The molecule has 0 amide bonds. The molecule has 98 valence electrons. The Balaban J connectivity index is 1.99. The largest absolute Gasteiger partial charge is 0.464 e. The Morgan fingerprint density at radius 2 is 2.44 bits per heavy atom. The number of aromatic nitrogens is 1. The number of rotatable bonds is 4. The van der Waals surface area contributed by atoms with Crippen LogP contribution < -0.4 is 10.6 Å². The molecule has 0 aromatic carbocycles. The molecule has 0 saturated carbocycles. The lowest BCUT2D eigenvalue weighted by molar-refractivity contribution is 0.0593. The lowest BCUT2D eigenvalue weighted by Crippen LogP contribution is -2.43. The molecule has 1 aromatic heterocycles. The maximum atomic E-state index is 11.4. The fourth-order valence-electron chi connectivity index (χ4n) is 2.07. The van der Waals surface area contributed by atoms with Gasteiger partial charge in [-0.2, -0.15) is 0 Å². The standard InChI is InChI=1S/C13H19N3O2/c1-13(6-7-14-9-13)15-8-10-4-3-5-11(16-10)12(17)18-2/h3-5,14-15H,6-9H2,1-2H3.